The third-order valence-corrected chi connectivity index (χ3v) is 4.82. The summed E-state index contributed by atoms with van der Waals surface area (Å²) in [4.78, 5) is 33.6. The van der Waals surface area contributed by atoms with Gasteiger partial charge in [0.1, 0.15) is 5.69 Å². The van der Waals surface area contributed by atoms with E-state index < -0.39 is 0 Å². The molecule has 1 aliphatic rings. The molecule has 1 aliphatic heterocycles. The second-order valence-electron chi connectivity index (χ2n) is 6.56. The number of nitrogens with zero attached hydrogens (tertiary/aromatic N) is 3. The molecule has 130 valence electrons. The SMILES string of the molecule is C[C@@H]1CC(=O)N(C)c2ccccc2N1C(=O)c1ccc2ccccc2n1. The van der Waals surface area contributed by atoms with Crippen LogP contribution in [-0.2, 0) is 4.79 Å². The molecule has 0 saturated heterocycles. The summed E-state index contributed by atoms with van der Waals surface area (Å²) in [5, 5.41) is 0.989. The minimum absolute atomic E-state index is 0.00767. The Morgan fingerprint density at radius 1 is 1.00 bits per heavy atom. The smallest absolute Gasteiger partial charge is 0.277 e. The van der Waals surface area contributed by atoms with Crippen molar-refractivity contribution >= 4 is 34.1 Å². The van der Waals surface area contributed by atoms with Gasteiger partial charge in [0.2, 0.25) is 5.91 Å². The van der Waals surface area contributed by atoms with Crippen LogP contribution in [0.5, 0.6) is 0 Å². The van der Waals surface area contributed by atoms with Crippen LogP contribution in [-0.4, -0.2) is 29.9 Å². The van der Waals surface area contributed by atoms with Crippen LogP contribution in [0.1, 0.15) is 23.8 Å². The van der Waals surface area contributed by atoms with Gasteiger partial charge < -0.3 is 9.80 Å². The summed E-state index contributed by atoms with van der Waals surface area (Å²) < 4.78 is 0. The van der Waals surface area contributed by atoms with Crippen molar-refractivity contribution in [2.75, 3.05) is 16.8 Å². The average molecular weight is 345 g/mol. The van der Waals surface area contributed by atoms with E-state index in [2.05, 4.69) is 4.98 Å². The number of carbonyl (C=O) groups excluding carboxylic acids is 2. The van der Waals surface area contributed by atoms with Crippen molar-refractivity contribution in [3.05, 3.63) is 66.4 Å². The molecule has 0 aliphatic carbocycles. The molecule has 26 heavy (non-hydrogen) atoms. The van der Waals surface area contributed by atoms with Gasteiger partial charge in [-0.15, -0.1) is 0 Å². The summed E-state index contributed by atoms with van der Waals surface area (Å²) in [7, 11) is 1.75. The van der Waals surface area contributed by atoms with Gasteiger partial charge in [-0.05, 0) is 31.2 Å². The van der Waals surface area contributed by atoms with Crippen LogP contribution in [0.4, 0.5) is 11.4 Å². The molecule has 0 N–H and O–H groups in total. The van der Waals surface area contributed by atoms with Crippen LogP contribution in [0.3, 0.4) is 0 Å². The quantitative estimate of drug-likeness (QED) is 0.677. The van der Waals surface area contributed by atoms with Crippen molar-refractivity contribution in [1.82, 2.24) is 4.98 Å². The molecule has 1 atom stereocenters. The van der Waals surface area contributed by atoms with E-state index in [1.54, 1.807) is 22.9 Å². The number of rotatable bonds is 1. The zero-order valence-electron chi connectivity index (χ0n) is 14.7. The fraction of sp³-hybridized carbons (Fsp3) is 0.190. The molecule has 5 heteroatoms. The van der Waals surface area contributed by atoms with Crippen LogP contribution in [0.2, 0.25) is 0 Å². The van der Waals surface area contributed by atoms with E-state index in [9.17, 15) is 9.59 Å². The Hall–Kier alpha value is -3.21. The summed E-state index contributed by atoms with van der Waals surface area (Å²) >= 11 is 0. The lowest BCUT2D eigenvalue weighted by molar-refractivity contribution is -0.118. The minimum atomic E-state index is -0.255. The largest absolute Gasteiger partial charge is 0.313 e. The van der Waals surface area contributed by atoms with E-state index in [0.29, 0.717) is 5.69 Å². The topological polar surface area (TPSA) is 53.5 Å². The minimum Gasteiger partial charge on any atom is -0.313 e. The summed E-state index contributed by atoms with van der Waals surface area (Å²) in [6.45, 7) is 1.90. The van der Waals surface area contributed by atoms with Crippen LogP contribution >= 0.6 is 0 Å². The molecular formula is C21H19N3O2. The Bertz CT molecular complexity index is 1010. The fourth-order valence-corrected chi connectivity index (χ4v) is 3.42. The summed E-state index contributed by atoms with van der Waals surface area (Å²) in [6.07, 6.45) is 0.268. The maximum absolute atomic E-state index is 13.3. The maximum Gasteiger partial charge on any atom is 0.277 e. The molecule has 0 spiro atoms. The van der Waals surface area contributed by atoms with Gasteiger partial charge in [-0.1, -0.05) is 36.4 Å². The fourth-order valence-electron chi connectivity index (χ4n) is 3.42. The number of hydrogen-bond donors (Lipinski definition) is 0. The second kappa shape index (κ2) is 6.26. The van der Waals surface area contributed by atoms with Crippen LogP contribution < -0.4 is 9.80 Å². The third kappa shape index (κ3) is 2.62. The number of hydrogen-bond acceptors (Lipinski definition) is 3. The maximum atomic E-state index is 13.3. The highest BCUT2D eigenvalue weighted by Gasteiger charge is 2.33. The Morgan fingerprint density at radius 3 is 2.50 bits per heavy atom. The van der Waals surface area contributed by atoms with Crippen molar-refractivity contribution in [3.8, 4) is 0 Å². The first-order valence-electron chi connectivity index (χ1n) is 8.61. The predicted molar refractivity (Wildman–Crippen MR) is 102 cm³/mol. The van der Waals surface area contributed by atoms with Gasteiger partial charge in [0.25, 0.3) is 5.91 Å². The van der Waals surface area contributed by atoms with Crippen LogP contribution in [0.25, 0.3) is 10.9 Å². The number of anilines is 2. The lowest BCUT2D eigenvalue weighted by Crippen LogP contribution is -2.39. The van der Waals surface area contributed by atoms with E-state index in [-0.39, 0.29) is 24.3 Å². The second-order valence-corrected chi connectivity index (χ2v) is 6.56. The van der Waals surface area contributed by atoms with E-state index in [4.69, 9.17) is 0 Å². The highest BCUT2D eigenvalue weighted by molar-refractivity contribution is 6.11. The molecule has 2 aromatic carbocycles. The molecule has 0 saturated carbocycles. The van der Waals surface area contributed by atoms with Crippen LogP contribution in [0.15, 0.2) is 60.7 Å². The number of para-hydroxylation sites is 3. The summed E-state index contributed by atoms with van der Waals surface area (Å²) in [5.41, 5.74) is 2.62. The van der Waals surface area contributed by atoms with Crippen molar-refractivity contribution in [2.24, 2.45) is 0 Å². The Kier molecular flexibility index (Phi) is 3.92. The van der Waals surface area contributed by atoms with Gasteiger partial charge >= 0.3 is 0 Å². The van der Waals surface area contributed by atoms with E-state index >= 15 is 0 Å². The normalized spacial score (nSPS) is 17.2. The molecule has 0 unspecified atom stereocenters. The van der Waals surface area contributed by atoms with Gasteiger partial charge in [0, 0.05) is 24.9 Å². The molecule has 5 nitrogen and oxygen atoms in total. The molecule has 2 amide bonds. The number of fused-ring (bicyclic) bond motifs is 2. The van der Waals surface area contributed by atoms with Crippen LogP contribution in [0, 0.1) is 0 Å². The molecule has 4 rings (SSSR count). The molecule has 2 heterocycles. The Morgan fingerprint density at radius 2 is 1.69 bits per heavy atom. The molecule has 0 bridgehead atoms. The van der Waals surface area contributed by atoms with Crippen molar-refractivity contribution in [2.45, 2.75) is 19.4 Å². The molecular weight excluding hydrogens is 326 g/mol. The summed E-state index contributed by atoms with van der Waals surface area (Å²) in [6, 6.07) is 18.6. The Labute approximate surface area is 151 Å². The first-order chi connectivity index (χ1) is 12.6. The van der Waals surface area contributed by atoms with E-state index in [1.807, 2.05) is 61.5 Å². The number of amides is 2. The molecule has 3 aromatic rings. The van der Waals surface area contributed by atoms with Crippen molar-refractivity contribution < 1.29 is 9.59 Å². The third-order valence-electron chi connectivity index (χ3n) is 4.82. The van der Waals surface area contributed by atoms with Gasteiger partial charge in [-0.2, -0.15) is 0 Å². The number of aromatic nitrogens is 1. The highest BCUT2D eigenvalue weighted by Crippen LogP contribution is 2.35. The molecule has 1 aromatic heterocycles. The highest BCUT2D eigenvalue weighted by atomic mass is 16.2. The first kappa shape index (κ1) is 16.3. The molecule has 0 fully saturated rings. The average Bonchev–Trinajstić information content (AvgIpc) is 2.76. The number of pyridine rings is 1. The molecule has 0 radical (unpaired) electrons. The zero-order valence-corrected chi connectivity index (χ0v) is 14.7. The van der Waals surface area contributed by atoms with Gasteiger partial charge in [-0.25, -0.2) is 4.98 Å². The monoisotopic (exact) mass is 345 g/mol. The van der Waals surface area contributed by atoms with E-state index in [0.717, 1.165) is 22.3 Å². The van der Waals surface area contributed by atoms with Crippen molar-refractivity contribution in [3.63, 3.8) is 0 Å². The lowest BCUT2D eigenvalue weighted by Gasteiger charge is -2.27. The van der Waals surface area contributed by atoms with E-state index in [1.165, 1.54) is 0 Å². The van der Waals surface area contributed by atoms with Gasteiger partial charge in [-0.3, -0.25) is 9.59 Å². The zero-order chi connectivity index (χ0) is 18.3. The standard InChI is InChI=1S/C21H19N3O2/c1-14-13-20(25)23(2)18-9-5-6-10-19(18)24(14)21(26)17-12-11-15-7-3-4-8-16(15)22-17/h3-12,14H,13H2,1-2H3/t14-/m1/s1. The van der Waals surface area contributed by atoms with Gasteiger partial charge in [0.15, 0.2) is 0 Å². The first-order valence-corrected chi connectivity index (χ1v) is 8.61. The predicted octanol–water partition coefficient (Wildman–Crippen LogP) is 3.64. The summed E-state index contributed by atoms with van der Waals surface area (Å²) in [5.74, 6) is -0.203. The van der Waals surface area contributed by atoms with Gasteiger partial charge in [0.05, 0.1) is 16.9 Å². The number of carbonyl (C=O) groups is 2. The Balaban J connectivity index is 1.82. The number of benzene rings is 2. The lowest BCUT2D eigenvalue weighted by atomic mass is 10.1. The van der Waals surface area contributed by atoms with Crippen molar-refractivity contribution in [1.29, 1.82) is 0 Å².